The van der Waals surface area contributed by atoms with E-state index in [0.717, 1.165) is 15.6 Å². The molecule has 0 unspecified atom stereocenters. The lowest BCUT2D eigenvalue weighted by atomic mass is 10.0. The molecule has 106 valence electrons. The molecule has 5 nitrogen and oxygen atoms in total. The number of aryl methyl sites for hydroxylation is 1. The van der Waals surface area contributed by atoms with Gasteiger partial charge in [0.1, 0.15) is 12.0 Å². The van der Waals surface area contributed by atoms with Crippen molar-refractivity contribution < 1.29 is 4.79 Å². The summed E-state index contributed by atoms with van der Waals surface area (Å²) in [4.78, 5) is 23.4. The quantitative estimate of drug-likeness (QED) is 0.683. The Kier molecular flexibility index (Phi) is 3.47. The Hall–Kier alpha value is -2.21. The number of hydrogen-bond acceptors (Lipinski definition) is 3. The number of aromatic nitrogens is 3. The molecule has 1 aromatic carbocycles. The number of nitrogens with zero attached hydrogens (tertiary/aromatic N) is 3. The van der Waals surface area contributed by atoms with Gasteiger partial charge in [-0.15, -0.1) is 0 Å². The maximum absolute atomic E-state index is 12.5. The van der Waals surface area contributed by atoms with E-state index in [4.69, 9.17) is 0 Å². The first kappa shape index (κ1) is 13.8. The molecule has 0 amide bonds. The lowest BCUT2D eigenvalue weighted by Crippen LogP contribution is -2.21. The number of carbonyl (C=O) groups excluding carboxylic acids is 1. The van der Waals surface area contributed by atoms with E-state index in [9.17, 15) is 9.59 Å². The number of hydrogen-bond donors (Lipinski definition) is 0. The van der Waals surface area contributed by atoms with Gasteiger partial charge >= 0.3 is 0 Å². The van der Waals surface area contributed by atoms with Crippen LogP contribution in [0.1, 0.15) is 16.7 Å². The summed E-state index contributed by atoms with van der Waals surface area (Å²) in [5.41, 5.74) is 2.88. The van der Waals surface area contributed by atoms with Gasteiger partial charge in [0, 0.05) is 16.5 Å². The molecule has 3 aromatic rings. The Balaban J connectivity index is 2.12. The van der Waals surface area contributed by atoms with E-state index in [-0.39, 0.29) is 5.56 Å². The normalized spacial score (nSPS) is 11.0. The molecule has 0 spiro atoms. The van der Waals surface area contributed by atoms with Crippen LogP contribution in [-0.4, -0.2) is 20.6 Å². The molecule has 0 aliphatic rings. The lowest BCUT2D eigenvalue weighted by Gasteiger charge is -2.06. The zero-order chi connectivity index (χ0) is 15.0. The molecule has 0 aliphatic heterocycles. The summed E-state index contributed by atoms with van der Waals surface area (Å²) in [6.45, 7) is 1.87. The van der Waals surface area contributed by atoms with Gasteiger partial charge in [0.2, 0.25) is 6.41 Å². The van der Waals surface area contributed by atoms with Crippen LogP contribution >= 0.6 is 15.9 Å². The maximum atomic E-state index is 12.5. The van der Waals surface area contributed by atoms with Crippen LogP contribution in [0.4, 0.5) is 0 Å². The zero-order valence-electron chi connectivity index (χ0n) is 11.3. The Morgan fingerprint density at radius 3 is 2.67 bits per heavy atom. The third-order valence-corrected chi connectivity index (χ3v) is 3.98. The first-order valence-electron chi connectivity index (χ1n) is 6.38. The number of fused-ring (bicyclic) bond motifs is 1. The lowest BCUT2D eigenvalue weighted by molar-refractivity contribution is 0.548. The number of pyridine rings is 1. The fourth-order valence-corrected chi connectivity index (χ4v) is 2.57. The van der Waals surface area contributed by atoms with E-state index in [1.807, 2.05) is 31.2 Å². The summed E-state index contributed by atoms with van der Waals surface area (Å²) in [5, 5.41) is 3.97. The van der Waals surface area contributed by atoms with Crippen molar-refractivity contribution >= 4 is 28.0 Å². The summed E-state index contributed by atoms with van der Waals surface area (Å²) >= 11 is 3.39. The second-order valence-electron chi connectivity index (χ2n) is 4.83. The second-order valence-corrected chi connectivity index (χ2v) is 5.74. The molecule has 3 rings (SSSR count). The van der Waals surface area contributed by atoms with E-state index < -0.39 is 0 Å². The Bertz CT molecular complexity index is 878. The third-order valence-electron chi connectivity index (χ3n) is 3.45. The number of rotatable bonds is 3. The van der Waals surface area contributed by atoms with Gasteiger partial charge in [-0.05, 0) is 36.2 Å². The van der Waals surface area contributed by atoms with Crippen LogP contribution in [0.3, 0.4) is 0 Å². The zero-order valence-corrected chi connectivity index (χ0v) is 12.9. The SMILES string of the molecule is Cc1cc2n(C=O)cnn2c(=O)c1Cc1ccc(Br)cc1. The Labute approximate surface area is 129 Å². The van der Waals surface area contributed by atoms with Crippen LogP contribution in [0, 0.1) is 6.92 Å². The Morgan fingerprint density at radius 1 is 1.29 bits per heavy atom. The molecular weight excluding hydrogens is 334 g/mol. The average molecular weight is 346 g/mol. The summed E-state index contributed by atoms with van der Waals surface area (Å²) in [5.74, 6) is 0. The Morgan fingerprint density at radius 2 is 2.00 bits per heavy atom. The van der Waals surface area contributed by atoms with Crippen molar-refractivity contribution in [2.24, 2.45) is 0 Å². The van der Waals surface area contributed by atoms with E-state index >= 15 is 0 Å². The summed E-state index contributed by atoms with van der Waals surface area (Å²) in [6, 6.07) is 9.64. The van der Waals surface area contributed by atoms with Gasteiger partial charge in [0.05, 0.1) is 0 Å². The summed E-state index contributed by atoms with van der Waals surface area (Å²) < 4.78 is 3.55. The van der Waals surface area contributed by atoms with E-state index in [1.54, 1.807) is 6.07 Å². The van der Waals surface area contributed by atoms with Crippen molar-refractivity contribution in [3.8, 4) is 0 Å². The first-order valence-corrected chi connectivity index (χ1v) is 7.17. The summed E-state index contributed by atoms with van der Waals surface area (Å²) in [7, 11) is 0. The highest BCUT2D eigenvalue weighted by Crippen LogP contribution is 2.15. The number of halogens is 1. The molecule has 0 radical (unpaired) electrons. The highest BCUT2D eigenvalue weighted by molar-refractivity contribution is 9.10. The van der Waals surface area contributed by atoms with Gasteiger partial charge in [0.25, 0.3) is 5.56 Å². The minimum atomic E-state index is -0.187. The molecule has 2 aromatic heterocycles. The number of benzene rings is 1. The van der Waals surface area contributed by atoms with Gasteiger partial charge in [-0.3, -0.25) is 14.2 Å². The molecule has 0 atom stereocenters. The monoisotopic (exact) mass is 345 g/mol. The minimum Gasteiger partial charge on any atom is -0.278 e. The largest absolute Gasteiger partial charge is 0.278 e. The number of carbonyl (C=O) groups is 1. The highest BCUT2D eigenvalue weighted by Gasteiger charge is 2.12. The molecule has 6 heteroatoms. The van der Waals surface area contributed by atoms with Gasteiger partial charge < -0.3 is 0 Å². The van der Waals surface area contributed by atoms with Crippen molar-refractivity contribution in [1.82, 2.24) is 14.2 Å². The van der Waals surface area contributed by atoms with Gasteiger partial charge in [0.15, 0.2) is 0 Å². The predicted octanol–water partition coefficient (Wildman–Crippen LogP) is 2.20. The second kappa shape index (κ2) is 5.29. The molecule has 2 heterocycles. The van der Waals surface area contributed by atoms with Crippen molar-refractivity contribution in [1.29, 1.82) is 0 Å². The molecule has 0 aliphatic carbocycles. The molecule has 0 saturated heterocycles. The van der Waals surface area contributed by atoms with Gasteiger partial charge in [-0.1, -0.05) is 28.1 Å². The van der Waals surface area contributed by atoms with Crippen LogP contribution in [0.15, 0.2) is 45.9 Å². The maximum Gasteiger partial charge on any atom is 0.276 e. The van der Waals surface area contributed by atoms with Crippen LogP contribution < -0.4 is 5.56 Å². The van der Waals surface area contributed by atoms with E-state index in [0.29, 0.717) is 24.0 Å². The van der Waals surface area contributed by atoms with Crippen LogP contribution in [-0.2, 0) is 11.2 Å². The molecule has 0 saturated carbocycles. The molecule has 21 heavy (non-hydrogen) atoms. The van der Waals surface area contributed by atoms with Crippen LogP contribution in [0.25, 0.3) is 5.65 Å². The van der Waals surface area contributed by atoms with Crippen molar-refractivity contribution in [2.45, 2.75) is 13.3 Å². The molecule has 0 bridgehead atoms. The topological polar surface area (TPSA) is 56.4 Å². The van der Waals surface area contributed by atoms with E-state index in [1.165, 1.54) is 15.4 Å². The fourth-order valence-electron chi connectivity index (χ4n) is 2.31. The smallest absolute Gasteiger partial charge is 0.276 e. The standard InChI is InChI=1S/C15H12BrN3O2/c1-10-6-14-18(9-20)8-17-19(14)15(21)13(10)7-11-2-4-12(16)5-3-11/h2-6,8-9H,7H2,1H3. The van der Waals surface area contributed by atoms with Gasteiger partial charge in [-0.2, -0.15) is 9.61 Å². The van der Waals surface area contributed by atoms with Crippen molar-refractivity contribution in [3.63, 3.8) is 0 Å². The van der Waals surface area contributed by atoms with E-state index in [2.05, 4.69) is 21.0 Å². The third kappa shape index (κ3) is 2.42. The van der Waals surface area contributed by atoms with Crippen LogP contribution in [0.5, 0.6) is 0 Å². The predicted molar refractivity (Wildman–Crippen MR) is 83.3 cm³/mol. The van der Waals surface area contributed by atoms with Crippen molar-refractivity contribution in [2.75, 3.05) is 0 Å². The molecule has 0 N–H and O–H groups in total. The molecule has 0 fully saturated rings. The van der Waals surface area contributed by atoms with Crippen LogP contribution in [0.2, 0.25) is 0 Å². The minimum absolute atomic E-state index is 0.187. The highest BCUT2D eigenvalue weighted by atomic mass is 79.9. The average Bonchev–Trinajstić information content (AvgIpc) is 2.88. The fraction of sp³-hybridized carbons (Fsp3) is 0.133. The first-order chi connectivity index (χ1) is 10.1. The summed E-state index contributed by atoms with van der Waals surface area (Å²) in [6.07, 6.45) is 2.51. The van der Waals surface area contributed by atoms with Crippen molar-refractivity contribution in [3.05, 3.63) is 68.2 Å². The molecular formula is C15H12BrN3O2. The van der Waals surface area contributed by atoms with Gasteiger partial charge in [-0.25, -0.2) is 0 Å².